The number of nitrogens with zero attached hydrogens (tertiary/aromatic N) is 1. The van der Waals surface area contributed by atoms with E-state index in [9.17, 15) is 9.59 Å². The van der Waals surface area contributed by atoms with Gasteiger partial charge in [-0.05, 0) is 60.9 Å². The van der Waals surface area contributed by atoms with Crippen molar-refractivity contribution in [2.75, 3.05) is 20.2 Å². The fourth-order valence-corrected chi connectivity index (χ4v) is 4.37. The SMILES string of the molecule is COc1cc(C2(C(=O)NCCCC(=O)N3CCc4ccccc4C3)CC2)ccc1C. The maximum Gasteiger partial charge on any atom is 0.230 e. The van der Waals surface area contributed by atoms with Crippen LogP contribution in [0.2, 0.25) is 0 Å². The summed E-state index contributed by atoms with van der Waals surface area (Å²) in [5, 5.41) is 3.06. The summed E-state index contributed by atoms with van der Waals surface area (Å²) in [6, 6.07) is 14.4. The lowest BCUT2D eigenvalue weighted by molar-refractivity contribution is -0.132. The number of aryl methyl sites for hydroxylation is 1. The largest absolute Gasteiger partial charge is 0.496 e. The molecule has 30 heavy (non-hydrogen) atoms. The van der Waals surface area contributed by atoms with Crippen LogP contribution < -0.4 is 10.1 Å². The van der Waals surface area contributed by atoms with E-state index < -0.39 is 5.41 Å². The number of methoxy groups -OCH3 is 1. The Hall–Kier alpha value is -2.82. The molecule has 158 valence electrons. The molecule has 4 rings (SSSR count). The Labute approximate surface area is 178 Å². The number of ether oxygens (including phenoxy) is 1. The van der Waals surface area contributed by atoms with E-state index in [1.54, 1.807) is 7.11 Å². The molecule has 1 heterocycles. The number of hydrogen-bond acceptors (Lipinski definition) is 3. The quantitative estimate of drug-likeness (QED) is 0.716. The van der Waals surface area contributed by atoms with E-state index in [1.807, 2.05) is 36.1 Å². The van der Waals surface area contributed by atoms with Crippen molar-refractivity contribution in [1.29, 1.82) is 0 Å². The van der Waals surface area contributed by atoms with Crippen molar-refractivity contribution in [2.45, 2.75) is 51.0 Å². The van der Waals surface area contributed by atoms with Gasteiger partial charge in [-0.3, -0.25) is 9.59 Å². The number of benzene rings is 2. The fourth-order valence-electron chi connectivity index (χ4n) is 4.37. The van der Waals surface area contributed by atoms with Crippen molar-refractivity contribution in [3.05, 3.63) is 64.7 Å². The van der Waals surface area contributed by atoms with Crippen molar-refractivity contribution < 1.29 is 14.3 Å². The fraction of sp³-hybridized carbons (Fsp3) is 0.440. The van der Waals surface area contributed by atoms with Crippen LogP contribution in [0.4, 0.5) is 0 Å². The van der Waals surface area contributed by atoms with Crippen molar-refractivity contribution >= 4 is 11.8 Å². The lowest BCUT2D eigenvalue weighted by atomic mass is 9.93. The summed E-state index contributed by atoms with van der Waals surface area (Å²) in [7, 11) is 1.66. The molecule has 1 saturated carbocycles. The van der Waals surface area contributed by atoms with Gasteiger partial charge in [0.15, 0.2) is 0 Å². The van der Waals surface area contributed by atoms with Gasteiger partial charge in [0.1, 0.15) is 5.75 Å². The lowest BCUT2D eigenvalue weighted by Crippen LogP contribution is -2.37. The molecule has 2 aliphatic rings. The smallest absolute Gasteiger partial charge is 0.230 e. The van der Waals surface area contributed by atoms with Crippen LogP contribution >= 0.6 is 0 Å². The van der Waals surface area contributed by atoms with Crippen LogP contribution in [0.5, 0.6) is 5.75 Å². The van der Waals surface area contributed by atoms with E-state index in [0.717, 1.165) is 42.7 Å². The average molecular weight is 407 g/mol. The van der Waals surface area contributed by atoms with Crippen LogP contribution in [0, 0.1) is 6.92 Å². The molecule has 1 fully saturated rings. The summed E-state index contributed by atoms with van der Waals surface area (Å²) in [6.07, 6.45) is 3.76. The first-order chi connectivity index (χ1) is 14.5. The molecular formula is C25H30N2O3. The maximum absolute atomic E-state index is 12.8. The predicted octanol–water partition coefficient (Wildman–Crippen LogP) is 3.52. The topological polar surface area (TPSA) is 58.6 Å². The van der Waals surface area contributed by atoms with Crippen LogP contribution in [0.3, 0.4) is 0 Å². The monoisotopic (exact) mass is 406 g/mol. The van der Waals surface area contributed by atoms with Crippen LogP contribution in [0.1, 0.15) is 47.9 Å². The number of nitrogens with one attached hydrogen (secondary N) is 1. The second-order valence-electron chi connectivity index (χ2n) is 8.46. The standard InChI is InChI=1S/C25H30N2O3/c1-18-9-10-21(16-22(18)30-2)25(12-13-25)24(29)26-14-5-8-23(28)27-15-11-19-6-3-4-7-20(19)17-27/h3-4,6-7,9-10,16H,5,8,11-15,17H2,1-2H3,(H,26,29). The maximum atomic E-state index is 12.8. The van der Waals surface area contributed by atoms with Gasteiger partial charge in [0.25, 0.3) is 0 Å². The molecule has 0 radical (unpaired) electrons. The third-order valence-corrected chi connectivity index (χ3v) is 6.48. The zero-order chi connectivity index (χ0) is 21.1. The molecule has 0 atom stereocenters. The molecular weight excluding hydrogens is 376 g/mol. The second kappa shape index (κ2) is 8.50. The van der Waals surface area contributed by atoms with Gasteiger partial charge >= 0.3 is 0 Å². The predicted molar refractivity (Wildman–Crippen MR) is 116 cm³/mol. The van der Waals surface area contributed by atoms with Gasteiger partial charge in [0.2, 0.25) is 11.8 Å². The summed E-state index contributed by atoms with van der Waals surface area (Å²) in [4.78, 5) is 27.4. The average Bonchev–Trinajstić information content (AvgIpc) is 3.58. The molecule has 1 N–H and O–H groups in total. The van der Waals surface area contributed by atoms with Gasteiger partial charge in [0, 0.05) is 26.1 Å². The lowest BCUT2D eigenvalue weighted by Gasteiger charge is -2.29. The highest BCUT2D eigenvalue weighted by molar-refractivity contribution is 5.91. The summed E-state index contributed by atoms with van der Waals surface area (Å²) >= 11 is 0. The Morgan fingerprint density at radius 2 is 1.90 bits per heavy atom. The zero-order valence-corrected chi connectivity index (χ0v) is 17.9. The number of carbonyl (C=O) groups excluding carboxylic acids is 2. The Kier molecular flexibility index (Phi) is 5.80. The van der Waals surface area contributed by atoms with Crippen molar-refractivity contribution in [3.8, 4) is 5.75 Å². The Balaban J connectivity index is 1.26. The van der Waals surface area contributed by atoms with E-state index in [-0.39, 0.29) is 11.8 Å². The minimum atomic E-state index is -0.429. The van der Waals surface area contributed by atoms with E-state index in [2.05, 4.69) is 23.5 Å². The molecule has 0 saturated heterocycles. The highest BCUT2D eigenvalue weighted by atomic mass is 16.5. The molecule has 0 aromatic heterocycles. The normalized spacial score (nSPS) is 16.5. The number of carbonyl (C=O) groups is 2. The van der Waals surface area contributed by atoms with E-state index in [4.69, 9.17) is 4.74 Å². The zero-order valence-electron chi connectivity index (χ0n) is 17.9. The molecule has 5 heteroatoms. The van der Waals surface area contributed by atoms with Gasteiger partial charge in [-0.25, -0.2) is 0 Å². The first kappa shape index (κ1) is 20.5. The summed E-state index contributed by atoms with van der Waals surface area (Å²) in [5.74, 6) is 1.05. The molecule has 0 unspecified atom stereocenters. The molecule has 2 aromatic carbocycles. The molecule has 0 spiro atoms. The third-order valence-electron chi connectivity index (χ3n) is 6.48. The first-order valence-electron chi connectivity index (χ1n) is 10.8. The second-order valence-corrected chi connectivity index (χ2v) is 8.46. The highest BCUT2D eigenvalue weighted by Gasteiger charge is 2.51. The van der Waals surface area contributed by atoms with Crippen LogP contribution in [0.15, 0.2) is 42.5 Å². The van der Waals surface area contributed by atoms with Crippen molar-refractivity contribution in [2.24, 2.45) is 0 Å². The number of amides is 2. The minimum Gasteiger partial charge on any atom is -0.496 e. The Bertz CT molecular complexity index is 949. The van der Waals surface area contributed by atoms with Crippen molar-refractivity contribution in [3.63, 3.8) is 0 Å². The van der Waals surface area contributed by atoms with Crippen LogP contribution in [-0.4, -0.2) is 36.9 Å². The Morgan fingerprint density at radius 3 is 2.63 bits per heavy atom. The van der Waals surface area contributed by atoms with Crippen molar-refractivity contribution in [1.82, 2.24) is 10.2 Å². The summed E-state index contributed by atoms with van der Waals surface area (Å²) < 4.78 is 5.42. The molecule has 1 aliphatic heterocycles. The number of fused-ring (bicyclic) bond motifs is 1. The minimum absolute atomic E-state index is 0.0627. The molecule has 0 bridgehead atoms. The van der Waals surface area contributed by atoms with E-state index in [1.165, 1.54) is 11.1 Å². The molecule has 1 aliphatic carbocycles. The molecule has 5 nitrogen and oxygen atoms in total. The van der Waals surface area contributed by atoms with Crippen LogP contribution in [0.25, 0.3) is 0 Å². The van der Waals surface area contributed by atoms with E-state index in [0.29, 0.717) is 25.9 Å². The summed E-state index contributed by atoms with van der Waals surface area (Å²) in [5.41, 5.74) is 4.24. The van der Waals surface area contributed by atoms with Gasteiger partial charge in [-0.15, -0.1) is 0 Å². The van der Waals surface area contributed by atoms with E-state index >= 15 is 0 Å². The Morgan fingerprint density at radius 1 is 1.13 bits per heavy atom. The van der Waals surface area contributed by atoms with Gasteiger partial charge in [0.05, 0.1) is 12.5 Å². The molecule has 2 aromatic rings. The number of hydrogen-bond donors (Lipinski definition) is 1. The van der Waals surface area contributed by atoms with Gasteiger partial charge in [-0.2, -0.15) is 0 Å². The van der Waals surface area contributed by atoms with Gasteiger partial charge < -0.3 is 15.0 Å². The highest BCUT2D eigenvalue weighted by Crippen LogP contribution is 2.49. The van der Waals surface area contributed by atoms with Gasteiger partial charge in [-0.1, -0.05) is 36.4 Å². The number of rotatable bonds is 7. The summed E-state index contributed by atoms with van der Waals surface area (Å²) in [6.45, 7) is 4.00. The first-order valence-corrected chi connectivity index (χ1v) is 10.8. The molecule has 2 amide bonds. The van der Waals surface area contributed by atoms with Crippen LogP contribution in [-0.2, 0) is 28.0 Å². The third kappa shape index (κ3) is 4.07.